The predicted molar refractivity (Wildman–Crippen MR) is 44.7 cm³/mol. The van der Waals surface area contributed by atoms with E-state index in [1.807, 2.05) is 18.2 Å². The Balaban J connectivity index is 2.46. The molecule has 0 amide bonds. The molecule has 0 aliphatic heterocycles. The van der Waals surface area contributed by atoms with Gasteiger partial charge in [0.15, 0.2) is 0 Å². The van der Waals surface area contributed by atoms with Crippen LogP contribution in [0.15, 0.2) is 24.5 Å². The summed E-state index contributed by atoms with van der Waals surface area (Å²) in [5, 5.41) is 8.47. The molecule has 0 radical (unpaired) electrons. The van der Waals surface area contributed by atoms with Crippen LogP contribution in [0.1, 0.15) is 5.56 Å². The first kappa shape index (κ1) is 7.27. The molecule has 0 spiro atoms. The van der Waals surface area contributed by atoms with Crippen LogP contribution in [0.2, 0.25) is 0 Å². The first-order valence-corrected chi connectivity index (χ1v) is 3.69. The molecule has 0 unspecified atom stereocenters. The van der Waals surface area contributed by atoms with Crippen molar-refractivity contribution in [3.63, 3.8) is 0 Å². The number of hydrogen-bond donors (Lipinski definition) is 3. The number of H-pyrrole nitrogens is 1. The van der Waals surface area contributed by atoms with E-state index >= 15 is 0 Å². The molecule has 2 aromatic rings. The van der Waals surface area contributed by atoms with Crippen molar-refractivity contribution in [1.29, 1.82) is 0 Å². The molecule has 12 heavy (non-hydrogen) atoms. The van der Waals surface area contributed by atoms with E-state index in [1.165, 1.54) is 0 Å². The van der Waals surface area contributed by atoms with E-state index in [9.17, 15) is 0 Å². The molecule has 0 bridgehead atoms. The second-order valence-corrected chi connectivity index (χ2v) is 2.59. The van der Waals surface area contributed by atoms with Crippen LogP contribution in [0.5, 0.6) is 0 Å². The van der Waals surface area contributed by atoms with Gasteiger partial charge >= 0.3 is 0 Å². The van der Waals surface area contributed by atoms with Crippen molar-refractivity contribution in [3.05, 3.63) is 30.1 Å². The van der Waals surface area contributed by atoms with Gasteiger partial charge in [-0.15, -0.1) is 0 Å². The third kappa shape index (κ3) is 1.17. The molecule has 1 heterocycles. The summed E-state index contributed by atoms with van der Waals surface area (Å²) < 4.78 is 0. The number of nitrogens with one attached hydrogen (secondary N) is 2. The van der Waals surface area contributed by atoms with Gasteiger partial charge in [0.1, 0.15) is 0 Å². The van der Waals surface area contributed by atoms with Gasteiger partial charge in [-0.3, -0.25) is 0 Å². The summed E-state index contributed by atoms with van der Waals surface area (Å²) in [5.74, 6) is 0. The molecular formula is C8H9N3O. The molecule has 4 nitrogen and oxygen atoms in total. The molecule has 0 aliphatic rings. The van der Waals surface area contributed by atoms with Crippen molar-refractivity contribution in [1.82, 2.24) is 15.4 Å². The average Bonchev–Trinajstić information content (AvgIpc) is 2.51. The number of benzene rings is 1. The van der Waals surface area contributed by atoms with E-state index in [-0.39, 0.29) is 0 Å². The zero-order chi connectivity index (χ0) is 8.39. The number of aromatic nitrogens is 2. The van der Waals surface area contributed by atoms with Crippen LogP contribution >= 0.6 is 0 Å². The molecular weight excluding hydrogens is 154 g/mol. The second-order valence-electron chi connectivity index (χ2n) is 2.59. The van der Waals surface area contributed by atoms with Gasteiger partial charge in [0.05, 0.1) is 17.4 Å². The molecule has 1 aromatic carbocycles. The number of imidazole rings is 1. The third-order valence-corrected chi connectivity index (χ3v) is 1.77. The largest absolute Gasteiger partial charge is 0.345 e. The highest BCUT2D eigenvalue weighted by molar-refractivity contribution is 5.74. The maximum Gasteiger partial charge on any atom is 0.0931 e. The quantitative estimate of drug-likeness (QED) is 0.580. The summed E-state index contributed by atoms with van der Waals surface area (Å²) in [6.07, 6.45) is 1.65. The van der Waals surface area contributed by atoms with E-state index < -0.39 is 0 Å². The van der Waals surface area contributed by atoms with Crippen molar-refractivity contribution >= 4 is 11.0 Å². The lowest BCUT2D eigenvalue weighted by Crippen LogP contribution is -2.05. The molecule has 2 rings (SSSR count). The van der Waals surface area contributed by atoms with Crippen LogP contribution in [0.25, 0.3) is 11.0 Å². The summed E-state index contributed by atoms with van der Waals surface area (Å²) in [5.41, 5.74) is 5.06. The Morgan fingerprint density at radius 1 is 1.50 bits per heavy atom. The van der Waals surface area contributed by atoms with Crippen LogP contribution in [0, 0.1) is 0 Å². The summed E-state index contributed by atoms with van der Waals surface area (Å²) in [6, 6.07) is 5.79. The molecule has 3 N–H and O–H groups in total. The molecule has 0 saturated heterocycles. The van der Waals surface area contributed by atoms with Crippen molar-refractivity contribution < 1.29 is 5.21 Å². The molecule has 1 aromatic heterocycles. The maximum atomic E-state index is 8.47. The third-order valence-electron chi connectivity index (χ3n) is 1.77. The van der Waals surface area contributed by atoms with Crippen molar-refractivity contribution in [2.24, 2.45) is 0 Å². The monoisotopic (exact) mass is 163 g/mol. The van der Waals surface area contributed by atoms with Gasteiger partial charge in [0, 0.05) is 6.54 Å². The SMILES string of the molecule is ONCc1ccc2nc[nH]c2c1. The molecule has 0 aliphatic carbocycles. The minimum Gasteiger partial charge on any atom is -0.345 e. The number of fused-ring (bicyclic) bond motifs is 1. The lowest BCUT2D eigenvalue weighted by Gasteiger charge is -1.97. The fraction of sp³-hybridized carbons (Fsp3) is 0.125. The van der Waals surface area contributed by atoms with Gasteiger partial charge in [0.2, 0.25) is 0 Å². The molecule has 0 atom stereocenters. The van der Waals surface area contributed by atoms with Gasteiger partial charge in [-0.05, 0) is 17.7 Å². The standard InChI is InChI=1S/C8H9N3O/c12-11-4-6-1-2-7-8(3-6)10-5-9-7/h1-3,5,11-12H,4H2,(H,9,10). The molecule has 4 heteroatoms. The number of aromatic amines is 1. The Hall–Kier alpha value is -1.39. The first-order valence-electron chi connectivity index (χ1n) is 3.69. The van der Waals surface area contributed by atoms with E-state index in [2.05, 4.69) is 15.4 Å². The van der Waals surface area contributed by atoms with Gasteiger partial charge < -0.3 is 10.2 Å². The number of nitrogens with zero attached hydrogens (tertiary/aromatic N) is 1. The second kappa shape index (κ2) is 2.92. The summed E-state index contributed by atoms with van der Waals surface area (Å²) in [6.45, 7) is 0.453. The highest BCUT2D eigenvalue weighted by atomic mass is 16.5. The van der Waals surface area contributed by atoms with Gasteiger partial charge in [0.25, 0.3) is 0 Å². The first-order chi connectivity index (χ1) is 5.90. The fourth-order valence-corrected chi connectivity index (χ4v) is 1.18. The lowest BCUT2D eigenvalue weighted by atomic mass is 10.2. The summed E-state index contributed by atoms with van der Waals surface area (Å²) in [4.78, 5) is 7.08. The minimum atomic E-state index is 0.453. The number of hydrogen-bond acceptors (Lipinski definition) is 3. The van der Waals surface area contributed by atoms with Crippen LogP contribution in [-0.2, 0) is 6.54 Å². The average molecular weight is 163 g/mol. The number of hydroxylamine groups is 1. The Labute approximate surface area is 69.2 Å². The summed E-state index contributed by atoms with van der Waals surface area (Å²) in [7, 11) is 0. The van der Waals surface area contributed by atoms with E-state index in [1.54, 1.807) is 6.33 Å². The molecule has 62 valence electrons. The highest BCUT2D eigenvalue weighted by Crippen LogP contribution is 2.10. The van der Waals surface area contributed by atoms with E-state index in [0.717, 1.165) is 16.6 Å². The van der Waals surface area contributed by atoms with Crippen LogP contribution < -0.4 is 5.48 Å². The van der Waals surface area contributed by atoms with Crippen LogP contribution in [0.3, 0.4) is 0 Å². The Morgan fingerprint density at radius 2 is 2.42 bits per heavy atom. The zero-order valence-corrected chi connectivity index (χ0v) is 6.41. The van der Waals surface area contributed by atoms with Crippen molar-refractivity contribution in [2.75, 3.05) is 0 Å². The van der Waals surface area contributed by atoms with Gasteiger partial charge in [-0.1, -0.05) is 6.07 Å². The zero-order valence-electron chi connectivity index (χ0n) is 6.41. The molecule has 0 saturated carbocycles. The summed E-state index contributed by atoms with van der Waals surface area (Å²) >= 11 is 0. The molecule has 0 fully saturated rings. The minimum absolute atomic E-state index is 0.453. The fourth-order valence-electron chi connectivity index (χ4n) is 1.18. The van der Waals surface area contributed by atoms with Crippen molar-refractivity contribution in [2.45, 2.75) is 6.54 Å². The normalized spacial score (nSPS) is 10.8. The van der Waals surface area contributed by atoms with Crippen LogP contribution in [0.4, 0.5) is 0 Å². The van der Waals surface area contributed by atoms with E-state index in [0.29, 0.717) is 6.54 Å². The van der Waals surface area contributed by atoms with Gasteiger partial charge in [-0.25, -0.2) is 10.5 Å². The van der Waals surface area contributed by atoms with Crippen molar-refractivity contribution in [3.8, 4) is 0 Å². The highest BCUT2D eigenvalue weighted by Gasteiger charge is 1.96. The number of rotatable bonds is 2. The topological polar surface area (TPSA) is 60.9 Å². The smallest absolute Gasteiger partial charge is 0.0931 e. The van der Waals surface area contributed by atoms with Gasteiger partial charge in [-0.2, -0.15) is 0 Å². The van der Waals surface area contributed by atoms with E-state index in [4.69, 9.17) is 5.21 Å². The predicted octanol–water partition coefficient (Wildman–Crippen LogP) is 1.04. The Kier molecular flexibility index (Phi) is 1.77. The maximum absolute atomic E-state index is 8.47. The lowest BCUT2D eigenvalue weighted by molar-refractivity contribution is 0.161. The Bertz CT molecular complexity index is 382. The van der Waals surface area contributed by atoms with Crippen LogP contribution in [-0.4, -0.2) is 15.2 Å². The Morgan fingerprint density at radius 3 is 3.25 bits per heavy atom.